The highest BCUT2D eigenvalue weighted by atomic mass is 15.2. The van der Waals surface area contributed by atoms with Crippen molar-refractivity contribution in [1.82, 2.24) is 10.2 Å². The van der Waals surface area contributed by atoms with Gasteiger partial charge in [0.2, 0.25) is 0 Å². The van der Waals surface area contributed by atoms with Crippen LogP contribution in [0.2, 0.25) is 0 Å². The lowest BCUT2D eigenvalue weighted by molar-refractivity contribution is 0.0572. The zero-order valence-corrected chi connectivity index (χ0v) is 12.0. The van der Waals surface area contributed by atoms with Gasteiger partial charge in [0.15, 0.2) is 0 Å². The molecule has 100 valence electrons. The zero-order valence-electron chi connectivity index (χ0n) is 12.0. The summed E-state index contributed by atoms with van der Waals surface area (Å²) in [5, 5.41) is 3.61. The Labute approximate surface area is 107 Å². The van der Waals surface area contributed by atoms with E-state index in [1.54, 1.807) is 0 Å². The third-order valence-corrected chi connectivity index (χ3v) is 4.64. The molecule has 2 aliphatic rings. The van der Waals surface area contributed by atoms with Crippen LogP contribution in [0.1, 0.15) is 59.3 Å². The van der Waals surface area contributed by atoms with Crippen LogP contribution in [0.15, 0.2) is 0 Å². The molecule has 0 aromatic carbocycles. The number of rotatable bonds is 3. The van der Waals surface area contributed by atoms with Gasteiger partial charge in [-0.1, -0.05) is 20.8 Å². The summed E-state index contributed by atoms with van der Waals surface area (Å²) in [5.74, 6) is 0. The summed E-state index contributed by atoms with van der Waals surface area (Å²) in [4.78, 5) is 2.78. The monoisotopic (exact) mass is 238 g/mol. The highest BCUT2D eigenvalue weighted by Gasteiger charge is 2.32. The number of piperidine rings is 1. The van der Waals surface area contributed by atoms with Gasteiger partial charge in [-0.3, -0.25) is 4.90 Å². The predicted octanol–water partition coefficient (Wildman–Crippen LogP) is 3.03. The molecular weight excluding hydrogens is 208 g/mol. The molecule has 0 aromatic heterocycles. The van der Waals surface area contributed by atoms with Gasteiger partial charge in [0.25, 0.3) is 0 Å². The van der Waals surface area contributed by atoms with Crippen LogP contribution in [0.25, 0.3) is 0 Å². The first-order chi connectivity index (χ1) is 8.11. The van der Waals surface area contributed by atoms with Crippen LogP contribution >= 0.6 is 0 Å². The second-order valence-electron chi connectivity index (χ2n) is 6.80. The van der Waals surface area contributed by atoms with Gasteiger partial charge in [-0.25, -0.2) is 0 Å². The fraction of sp³-hybridized carbons (Fsp3) is 1.00. The number of nitrogens with one attached hydrogen (secondary N) is 1. The van der Waals surface area contributed by atoms with Crippen LogP contribution in [0.5, 0.6) is 0 Å². The molecular formula is C15H30N2. The average Bonchev–Trinajstić information content (AvgIpc) is 2.29. The molecule has 0 amide bonds. The van der Waals surface area contributed by atoms with Crippen molar-refractivity contribution in [2.24, 2.45) is 5.41 Å². The van der Waals surface area contributed by atoms with E-state index in [9.17, 15) is 0 Å². The zero-order chi connectivity index (χ0) is 12.3. The number of hydrogen-bond donors (Lipinski definition) is 1. The SMILES string of the molecule is CCNC1CCC(N2CCCC(C)(C)C2)CC1. The van der Waals surface area contributed by atoms with Gasteiger partial charge in [-0.15, -0.1) is 0 Å². The summed E-state index contributed by atoms with van der Waals surface area (Å²) in [5.41, 5.74) is 0.552. The Bertz CT molecular complexity index is 229. The minimum Gasteiger partial charge on any atom is -0.314 e. The van der Waals surface area contributed by atoms with E-state index >= 15 is 0 Å². The van der Waals surface area contributed by atoms with Crippen molar-refractivity contribution >= 4 is 0 Å². The van der Waals surface area contributed by atoms with E-state index in [-0.39, 0.29) is 0 Å². The molecule has 0 aromatic rings. The molecule has 1 saturated carbocycles. The molecule has 1 N–H and O–H groups in total. The number of nitrogens with zero attached hydrogens (tertiary/aromatic N) is 1. The third-order valence-electron chi connectivity index (χ3n) is 4.64. The molecule has 1 aliphatic carbocycles. The highest BCUT2D eigenvalue weighted by Crippen LogP contribution is 2.33. The van der Waals surface area contributed by atoms with Crippen molar-refractivity contribution in [2.75, 3.05) is 19.6 Å². The maximum Gasteiger partial charge on any atom is 0.00966 e. The van der Waals surface area contributed by atoms with Crippen molar-refractivity contribution < 1.29 is 0 Å². The topological polar surface area (TPSA) is 15.3 Å². The van der Waals surface area contributed by atoms with Crippen LogP contribution in [-0.2, 0) is 0 Å². The molecule has 0 unspecified atom stereocenters. The Morgan fingerprint density at radius 1 is 1.18 bits per heavy atom. The molecule has 0 radical (unpaired) electrons. The molecule has 0 bridgehead atoms. The van der Waals surface area contributed by atoms with Crippen LogP contribution < -0.4 is 5.32 Å². The Balaban J connectivity index is 1.80. The Kier molecular flexibility index (Phi) is 4.48. The van der Waals surface area contributed by atoms with Crippen LogP contribution in [0, 0.1) is 5.41 Å². The van der Waals surface area contributed by atoms with Gasteiger partial charge in [0.05, 0.1) is 0 Å². The fourth-order valence-corrected chi connectivity index (χ4v) is 3.71. The molecule has 1 heterocycles. The molecule has 2 heteroatoms. The lowest BCUT2D eigenvalue weighted by Crippen LogP contribution is -2.48. The van der Waals surface area contributed by atoms with E-state index in [1.807, 2.05) is 0 Å². The van der Waals surface area contributed by atoms with Crippen molar-refractivity contribution in [2.45, 2.75) is 71.4 Å². The largest absolute Gasteiger partial charge is 0.314 e. The fourth-order valence-electron chi connectivity index (χ4n) is 3.71. The summed E-state index contributed by atoms with van der Waals surface area (Å²) < 4.78 is 0. The first-order valence-electron chi connectivity index (χ1n) is 7.58. The average molecular weight is 238 g/mol. The third kappa shape index (κ3) is 3.69. The molecule has 1 saturated heterocycles. The normalized spacial score (nSPS) is 34.8. The highest BCUT2D eigenvalue weighted by molar-refractivity contribution is 4.87. The molecule has 17 heavy (non-hydrogen) atoms. The maximum atomic E-state index is 3.61. The first-order valence-corrected chi connectivity index (χ1v) is 7.58. The van der Waals surface area contributed by atoms with E-state index < -0.39 is 0 Å². The van der Waals surface area contributed by atoms with Gasteiger partial charge in [-0.2, -0.15) is 0 Å². The lowest BCUT2D eigenvalue weighted by Gasteiger charge is -2.44. The number of likely N-dealkylation sites (tertiary alicyclic amines) is 1. The van der Waals surface area contributed by atoms with Crippen molar-refractivity contribution in [3.05, 3.63) is 0 Å². The Morgan fingerprint density at radius 2 is 1.88 bits per heavy atom. The lowest BCUT2D eigenvalue weighted by atomic mass is 9.81. The summed E-state index contributed by atoms with van der Waals surface area (Å²) in [7, 11) is 0. The maximum absolute atomic E-state index is 3.61. The second-order valence-corrected chi connectivity index (χ2v) is 6.80. The van der Waals surface area contributed by atoms with E-state index in [0.717, 1.165) is 18.6 Å². The van der Waals surface area contributed by atoms with Crippen molar-refractivity contribution in [3.8, 4) is 0 Å². The Hall–Kier alpha value is -0.0800. The van der Waals surface area contributed by atoms with Crippen LogP contribution in [0.4, 0.5) is 0 Å². The van der Waals surface area contributed by atoms with Gasteiger partial charge in [-0.05, 0) is 57.0 Å². The van der Waals surface area contributed by atoms with Crippen LogP contribution in [0.3, 0.4) is 0 Å². The summed E-state index contributed by atoms with van der Waals surface area (Å²) >= 11 is 0. The minimum absolute atomic E-state index is 0.552. The summed E-state index contributed by atoms with van der Waals surface area (Å²) in [6.45, 7) is 10.9. The molecule has 2 nitrogen and oxygen atoms in total. The molecule has 0 atom stereocenters. The van der Waals surface area contributed by atoms with Gasteiger partial charge >= 0.3 is 0 Å². The van der Waals surface area contributed by atoms with Crippen molar-refractivity contribution in [1.29, 1.82) is 0 Å². The van der Waals surface area contributed by atoms with Gasteiger partial charge in [0.1, 0.15) is 0 Å². The summed E-state index contributed by atoms with van der Waals surface area (Å²) in [6, 6.07) is 1.68. The van der Waals surface area contributed by atoms with Crippen LogP contribution in [-0.4, -0.2) is 36.6 Å². The molecule has 1 aliphatic heterocycles. The van der Waals surface area contributed by atoms with E-state index in [4.69, 9.17) is 0 Å². The smallest absolute Gasteiger partial charge is 0.00966 e. The molecule has 2 fully saturated rings. The molecule has 0 spiro atoms. The Morgan fingerprint density at radius 3 is 2.47 bits per heavy atom. The summed E-state index contributed by atoms with van der Waals surface area (Å²) in [6.07, 6.45) is 8.41. The van der Waals surface area contributed by atoms with E-state index in [0.29, 0.717) is 5.41 Å². The quantitative estimate of drug-likeness (QED) is 0.813. The van der Waals surface area contributed by atoms with Crippen molar-refractivity contribution in [3.63, 3.8) is 0 Å². The van der Waals surface area contributed by atoms with E-state index in [2.05, 4.69) is 31.0 Å². The molecule has 2 rings (SSSR count). The second kappa shape index (κ2) is 5.71. The first kappa shape index (κ1) is 13.4. The van der Waals surface area contributed by atoms with E-state index in [1.165, 1.54) is 51.6 Å². The van der Waals surface area contributed by atoms with Gasteiger partial charge < -0.3 is 5.32 Å². The van der Waals surface area contributed by atoms with Gasteiger partial charge in [0, 0.05) is 18.6 Å². The number of hydrogen-bond acceptors (Lipinski definition) is 2. The predicted molar refractivity (Wildman–Crippen MR) is 74.3 cm³/mol. The minimum atomic E-state index is 0.552. The standard InChI is InChI=1S/C15H30N2/c1-4-16-13-6-8-14(9-7-13)17-11-5-10-15(2,3)12-17/h13-14,16H,4-12H2,1-3H3.